The fourth-order valence-electron chi connectivity index (χ4n) is 1.59. The van der Waals surface area contributed by atoms with Crippen molar-refractivity contribution in [2.24, 2.45) is 11.8 Å². The number of carbonyl (C=O) groups is 1. The van der Waals surface area contributed by atoms with Crippen LogP contribution in [0.25, 0.3) is 0 Å². The van der Waals surface area contributed by atoms with Crippen molar-refractivity contribution in [3.05, 3.63) is 21.9 Å². The largest absolute Gasteiger partial charge is 0.390 e. The van der Waals surface area contributed by atoms with Gasteiger partial charge >= 0.3 is 5.82 Å². The fraction of sp³-hybridized carbons (Fsp3) is 0.667. The third-order valence-electron chi connectivity index (χ3n) is 2.73. The molecule has 0 spiro atoms. The molecule has 0 radical (unpaired) electrons. The summed E-state index contributed by atoms with van der Waals surface area (Å²) in [6.45, 7) is 8.52. The highest BCUT2D eigenvalue weighted by atomic mass is 16.6. The van der Waals surface area contributed by atoms with Crippen molar-refractivity contribution in [1.29, 1.82) is 0 Å². The zero-order valence-corrected chi connectivity index (χ0v) is 11.7. The minimum absolute atomic E-state index is 0.0637. The lowest BCUT2D eigenvalue weighted by atomic mass is 10.1. The third-order valence-corrected chi connectivity index (χ3v) is 2.73. The van der Waals surface area contributed by atoms with Crippen LogP contribution in [0.1, 0.15) is 26.5 Å². The second-order valence-electron chi connectivity index (χ2n) is 5.12. The van der Waals surface area contributed by atoms with Gasteiger partial charge in [-0.25, -0.2) is 0 Å². The van der Waals surface area contributed by atoms with Crippen LogP contribution in [0, 0.1) is 28.9 Å². The molecule has 0 bridgehead atoms. The second-order valence-corrected chi connectivity index (χ2v) is 5.12. The molecule has 0 aliphatic heterocycles. The van der Waals surface area contributed by atoms with Crippen molar-refractivity contribution in [3.8, 4) is 0 Å². The predicted molar refractivity (Wildman–Crippen MR) is 70.6 cm³/mol. The first-order chi connectivity index (χ1) is 8.81. The monoisotopic (exact) mass is 268 g/mol. The summed E-state index contributed by atoms with van der Waals surface area (Å²) in [7, 11) is 0. The molecule has 0 saturated heterocycles. The Balaban J connectivity index is 2.63. The van der Waals surface area contributed by atoms with Gasteiger partial charge in [-0.1, -0.05) is 20.8 Å². The number of nitrogens with one attached hydrogen (secondary N) is 1. The number of aromatic nitrogens is 2. The number of hydrogen-bond acceptors (Lipinski definition) is 4. The predicted octanol–water partition coefficient (Wildman–Crippen LogP) is 1.51. The van der Waals surface area contributed by atoms with Crippen LogP contribution in [0.4, 0.5) is 5.82 Å². The highest BCUT2D eigenvalue weighted by Gasteiger charge is 2.20. The lowest BCUT2D eigenvalue weighted by molar-refractivity contribution is -0.389. The van der Waals surface area contributed by atoms with Crippen LogP contribution in [-0.4, -0.2) is 27.2 Å². The van der Waals surface area contributed by atoms with Crippen molar-refractivity contribution in [1.82, 2.24) is 15.1 Å². The van der Waals surface area contributed by atoms with E-state index < -0.39 is 4.92 Å². The number of hydrogen-bond donors (Lipinski definition) is 1. The molecule has 1 amide bonds. The zero-order chi connectivity index (χ0) is 14.6. The lowest BCUT2D eigenvalue weighted by Crippen LogP contribution is -2.34. The molecule has 7 heteroatoms. The number of carbonyl (C=O) groups excluding carboxylic acids is 1. The van der Waals surface area contributed by atoms with Gasteiger partial charge in [0.15, 0.2) is 0 Å². The normalized spacial score (nSPS) is 12.5. The van der Waals surface area contributed by atoms with E-state index in [0.717, 1.165) is 0 Å². The Labute approximate surface area is 112 Å². The molecule has 1 atom stereocenters. The van der Waals surface area contributed by atoms with Crippen LogP contribution < -0.4 is 5.32 Å². The van der Waals surface area contributed by atoms with Crippen LogP contribution in [0.3, 0.4) is 0 Å². The molecule has 0 saturated carbocycles. The minimum Gasteiger partial charge on any atom is -0.358 e. The van der Waals surface area contributed by atoms with Gasteiger partial charge in [0.25, 0.3) is 0 Å². The van der Waals surface area contributed by atoms with Gasteiger partial charge in [-0.2, -0.15) is 4.68 Å². The molecular formula is C12H20N4O3. The van der Waals surface area contributed by atoms with Gasteiger partial charge < -0.3 is 15.4 Å². The fourth-order valence-corrected chi connectivity index (χ4v) is 1.59. The maximum absolute atomic E-state index is 11.8. The molecule has 0 aliphatic rings. The number of rotatable bonds is 6. The van der Waals surface area contributed by atoms with Gasteiger partial charge in [0.1, 0.15) is 0 Å². The first-order valence-electron chi connectivity index (χ1n) is 6.27. The molecule has 0 aromatic carbocycles. The summed E-state index contributed by atoms with van der Waals surface area (Å²) in [5, 5.41) is 17.3. The first-order valence-corrected chi connectivity index (χ1v) is 6.27. The molecule has 1 heterocycles. The third kappa shape index (κ3) is 4.35. The van der Waals surface area contributed by atoms with Crippen LogP contribution in [0.15, 0.2) is 6.07 Å². The highest BCUT2D eigenvalue weighted by molar-refractivity contribution is 5.78. The van der Waals surface area contributed by atoms with Crippen molar-refractivity contribution >= 4 is 11.7 Å². The summed E-state index contributed by atoms with van der Waals surface area (Å²) in [4.78, 5) is 21.9. The summed E-state index contributed by atoms with van der Waals surface area (Å²) >= 11 is 0. The summed E-state index contributed by atoms with van der Waals surface area (Å²) in [5.41, 5.74) is 0.676. The Morgan fingerprint density at radius 3 is 2.63 bits per heavy atom. The molecule has 1 N–H and O–H groups in total. The van der Waals surface area contributed by atoms with E-state index in [9.17, 15) is 14.9 Å². The SMILES string of the molecule is Cc1cc([N+](=O)[O-])nn1CC(C)C(=O)NCC(C)C. The summed E-state index contributed by atoms with van der Waals surface area (Å²) < 4.78 is 1.50. The van der Waals surface area contributed by atoms with Crippen molar-refractivity contribution in [3.63, 3.8) is 0 Å². The lowest BCUT2D eigenvalue weighted by Gasteiger charge is -2.12. The summed E-state index contributed by atoms with van der Waals surface area (Å²) in [5.74, 6) is -0.140. The van der Waals surface area contributed by atoms with E-state index in [4.69, 9.17) is 0 Å². The summed E-state index contributed by atoms with van der Waals surface area (Å²) in [6, 6.07) is 1.40. The number of nitrogens with zero attached hydrogens (tertiary/aromatic N) is 3. The van der Waals surface area contributed by atoms with Gasteiger partial charge in [0.2, 0.25) is 5.91 Å². The average Bonchev–Trinajstić information content (AvgIpc) is 2.68. The smallest absolute Gasteiger partial charge is 0.358 e. The van der Waals surface area contributed by atoms with Crippen LogP contribution in [-0.2, 0) is 11.3 Å². The van der Waals surface area contributed by atoms with Crippen molar-refractivity contribution in [2.45, 2.75) is 34.2 Å². The van der Waals surface area contributed by atoms with E-state index >= 15 is 0 Å². The molecule has 106 valence electrons. The van der Waals surface area contributed by atoms with Crippen LogP contribution in [0.5, 0.6) is 0 Å². The Morgan fingerprint density at radius 2 is 2.16 bits per heavy atom. The number of aryl methyl sites for hydroxylation is 1. The van der Waals surface area contributed by atoms with Crippen molar-refractivity contribution in [2.75, 3.05) is 6.54 Å². The van der Waals surface area contributed by atoms with E-state index in [2.05, 4.69) is 10.4 Å². The Hall–Kier alpha value is -1.92. The second kappa shape index (κ2) is 6.31. The number of nitro groups is 1. The highest BCUT2D eigenvalue weighted by Crippen LogP contribution is 2.12. The topological polar surface area (TPSA) is 90.1 Å². The summed E-state index contributed by atoms with van der Waals surface area (Å²) in [6.07, 6.45) is 0. The molecule has 0 aliphatic carbocycles. The average molecular weight is 268 g/mol. The van der Waals surface area contributed by atoms with E-state index in [1.54, 1.807) is 13.8 Å². The van der Waals surface area contributed by atoms with Gasteiger partial charge in [-0.15, -0.1) is 0 Å². The molecule has 1 rings (SSSR count). The van der Waals surface area contributed by atoms with E-state index in [-0.39, 0.29) is 17.6 Å². The van der Waals surface area contributed by atoms with Gasteiger partial charge in [-0.05, 0) is 17.8 Å². The van der Waals surface area contributed by atoms with E-state index in [0.29, 0.717) is 24.7 Å². The van der Waals surface area contributed by atoms with Crippen molar-refractivity contribution < 1.29 is 9.72 Å². The van der Waals surface area contributed by atoms with Gasteiger partial charge in [0, 0.05) is 6.54 Å². The van der Waals surface area contributed by atoms with E-state index in [1.165, 1.54) is 10.7 Å². The molecule has 19 heavy (non-hydrogen) atoms. The van der Waals surface area contributed by atoms with E-state index in [1.807, 2.05) is 13.8 Å². The Bertz CT molecular complexity index is 468. The molecule has 7 nitrogen and oxygen atoms in total. The Morgan fingerprint density at radius 1 is 1.53 bits per heavy atom. The molecule has 1 aromatic rings. The Kier molecular flexibility index (Phi) is 5.02. The number of amides is 1. The molecule has 1 unspecified atom stereocenters. The van der Waals surface area contributed by atoms with Gasteiger partial charge in [0.05, 0.1) is 29.3 Å². The molecule has 1 aromatic heterocycles. The quantitative estimate of drug-likeness (QED) is 0.625. The molecular weight excluding hydrogens is 248 g/mol. The van der Waals surface area contributed by atoms with Crippen LogP contribution >= 0.6 is 0 Å². The maximum atomic E-state index is 11.8. The first kappa shape index (κ1) is 15.1. The zero-order valence-electron chi connectivity index (χ0n) is 11.7. The van der Waals surface area contributed by atoms with Gasteiger partial charge in [-0.3, -0.25) is 4.79 Å². The molecule has 0 fully saturated rings. The maximum Gasteiger partial charge on any atom is 0.390 e. The minimum atomic E-state index is -0.535. The standard InChI is InChI=1S/C12H20N4O3/c1-8(2)6-13-12(17)9(3)7-15-10(4)5-11(14-15)16(18)19/h5,8-9H,6-7H2,1-4H3,(H,13,17). The van der Waals surface area contributed by atoms with Crippen LogP contribution in [0.2, 0.25) is 0 Å².